The van der Waals surface area contributed by atoms with Crippen LogP contribution in [0.15, 0.2) is 10.5 Å². The van der Waals surface area contributed by atoms with E-state index in [1.165, 1.54) is 6.07 Å². The summed E-state index contributed by atoms with van der Waals surface area (Å²) in [6.45, 7) is 0.133. The third kappa shape index (κ3) is 1.64. The van der Waals surface area contributed by atoms with Crippen LogP contribution in [0.3, 0.4) is 0 Å². The molecule has 0 aromatic heterocycles. The van der Waals surface area contributed by atoms with Crippen molar-refractivity contribution >= 4 is 15.9 Å². The zero-order valence-corrected chi connectivity index (χ0v) is 10.8. The standard InChI is InChI=1S/C12H13BrFNO2/c13-10-9(12(15)3-1-2-4-12)7(14)5-8-11(10)17-6-16-8/h5H,1-4,6,15H2. The molecule has 1 aliphatic heterocycles. The van der Waals surface area contributed by atoms with Crippen molar-refractivity contribution in [3.8, 4) is 11.5 Å². The first-order chi connectivity index (χ1) is 8.12. The topological polar surface area (TPSA) is 44.5 Å². The first-order valence-electron chi connectivity index (χ1n) is 5.69. The monoisotopic (exact) mass is 301 g/mol. The Morgan fingerprint density at radius 1 is 1.29 bits per heavy atom. The summed E-state index contributed by atoms with van der Waals surface area (Å²) >= 11 is 3.40. The fraction of sp³-hybridized carbons (Fsp3) is 0.500. The van der Waals surface area contributed by atoms with E-state index in [2.05, 4.69) is 15.9 Å². The number of ether oxygens (including phenoxy) is 2. The van der Waals surface area contributed by atoms with Crippen LogP contribution in [0, 0.1) is 5.82 Å². The van der Waals surface area contributed by atoms with Gasteiger partial charge >= 0.3 is 0 Å². The van der Waals surface area contributed by atoms with Crippen molar-refractivity contribution in [3.63, 3.8) is 0 Å². The summed E-state index contributed by atoms with van der Waals surface area (Å²) < 4.78 is 25.3. The molecule has 0 bridgehead atoms. The van der Waals surface area contributed by atoms with Gasteiger partial charge in [-0.2, -0.15) is 0 Å². The number of fused-ring (bicyclic) bond motifs is 1. The number of hydrogen-bond donors (Lipinski definition) is 1. The lowest BCUT2D eigenvalue weighted by Gasteiger charge is -2.26. The molecule has 1 fully saturated rings. The second-order valence-electron chi connectivity index (χ2n) is 4.64. The summed E-state index contributed by atoms with van der Waals surface area (Å²) in [5.41, 5.74) is 6.26. The largest absolute Gasteiger partial charge is 0.453 e. The summed E-state index contributed by atoms with van der Waals surface area (Å²) in [7, 11) is 0. The highest BCUT2D eigenvalue weighted by molar-refractivity contribution is 9.10. The van der Waals surface area contributed by atoms with Crippen LogP contribution in [0.5, 0.6) is 11.5 Å². The van der Waals surface area contributed by atoms with Gasteiger partial charge in [0.15, 0.2) is 11.5 Å². The molecular weight excluding hydrogens is 289 g/mol. The Morgan fingerprint density at radius 2 is 2.00 bits per heavy atom. The smallest absolute Gasteiger partial charge is 0.231 e. The van der Waals surface area contributed by atoms with Gasteiger partial charge < -0.3 is 15.2 Å². The van der Waals surface area contributed by atoms with Gasteiger partial charge in [-0.05, 0) is 28.8 Å². The third-order valence-corrected chi connectivity index (χ3v) is 4.31. The van der Waals surface area contributed by atoms with Crippen molar-refractivity contribution in [2.75, 3.05) is 6.79 Å². The Bertz CT molecular complexity index is 472. The van der Waals surface area contributed by atoms with Crippen LogP contribution in [-0.2, 0) is 5.54 Å². The summed E-state index contributed by atoms with van der Waals surface area (Å²) in [6.07, 6.45) is 3.69. The lowest BCUT2D eigenvalue weighted by atomic mass is 9.88. The first-order valence-corrected chi connectivity index (χ1v) is 6.48. The van der Waals surface area contributed by atoms with Gasteiger partial charge in [-0.15, -0.1) is 0 Å². The molecule has 1 aromatic carbocycles. The molecule has 1 aliphatic carbocycles. The van der Waals surface area contributed by atoms with E-state index in [9.17, 15) is 4.39 Å². The highest BCUT2D eigenvalue weighted by Crippen LogP contribution is 2.48. The molecule has 3 nitrogen and oxygen atoms in total. The maximum Gasteiger partial charge on any atom is 0.231 e. The number of nitrogens with two attached hydrogens (primary N) is 1. The zero-order chi connectivity index (χ0) is 12.0. The van der Waals surface area contributed by atoms with E-state index in [1.807, 2.05) is 0 Å². The second-order valence-corrected chi connectivity index (χ2v) is 5.44. The fourth-order valence-corrected chi connectivity index (χ4v) is 3.58. The third-order valence-electron chi connectivity index (χ3n) is 3.55. The van der Waals surface area contributed by atoms with Gasteiger partial charge in [0, 0.05) is 17.2 Å². The van der Waals surface area contributed by atoms with E-state index in [0.29, 0.717) is 21.5 Å². The quantitative estimate of drug-likeness (QED) is 0.867. The van der Waals surface area contributed by atoms with E-state index in [1.54, 1.807) is 0 Å². The minimum absolute atomic E-state index is 0.133. The molecule has 1 saturated carbocycles. The van der Waals surface area contributed by atoms with Gasteiger partial charge in [0.2, 0.25) is 6.79 Å². The normalized spacial score (nSPS) is 20.9. The molecule has 17 heavy (non-hydrogen) atoms. The van der Waals surface area contributed by atoms with Gasteiger partial charge in [-0.1, -0.05) is 12.8 Å². The van der Waals surface area contributed by atoms with E-state index in [0.717, 1.165) is 25.7 Å². The van der Waals surface area contributed by atoms with Gasteiger partial charge in [0.1, 0.15) is 5.82 Å². The van der Waals surface area contributed by atoms with Crippen LogP contribution in [0.4, 0.5) is 4.39 Å². The molecule has 0 unspecified atom stereocenters. The van der Waals surface area contributed by atoms with Crippen molar-refractivity contribution in [1.82, 2.24) is 0 Å². The average Bonchev–Trinajstić information content (AvgIpc) is 2.87. The molecule has 1 heterocycles. The fourth-order valence-electron chi connectivity index (χ4n) is 2.69. The van der Waals surface area contributed by atoms with Crippen molar-refractivity contribution in [2.24, 2.45) is 5.73 Å². The number of hydrogen-bond acceptors (Lipinski definition) is 3. The Labute approximate surface area is 107 Å². The predicted molar refractivity (Wildman–Crippen MR) is 64.6 cm³/mol. The number of benzene rings is 1. The molecule has 1 aromatic rings. The SMILES string of the molecule is NC1(c2c(F)cc3c(c2Br)OCO3)CCCC1. The van der Waals surface area contributed by atoms with Crippen LogP contribution in [0.25, 0.3) is 0 Å². The van der Waals surface area contributed by atoms with Crippen LogP contribution < -0.4 is 15.2 Å². The Hall–Kier alpha value is -0.810. The van der Waals surface area contributed by atoms with E-state index >= 15 is 0 Å². The molecule has 0 saturated heterocycles. The molecule has 2 aliphatic rings. The molecule has 5 heteroatoms. The van der Waals surface area contributed by atoms with Gasteiger partial charge in [-0.3, -0.25) is 0 Å². The molecule has 0 atom stereocenters. The van der Waals surface area contributed by atoms with E-state index in [4.69, 9.17) is 15.2 Å². The summed E-state index contributed by atoms with van der Waals surface area (Å²) in [5, 5.41) is 0. The Balaban J connectivity index is 2.16. The maximum absolute atomic E-state index is 14.2. The van der Waals surface area contributed by atoms with Gasteiger partial charge in [0.25, 0.3) is 0 Å². The van der Waals surface area contributed by atoms with Gasteiger partial charge in [-0.25, -0.2) is 4.39 Å². The summed E-state index contributed by atoms with van der Waals surface area (Å²) in [5.74, 6) is 0.698. The number of rotatable bonds is 1. The Morgan fingerprint density at radius 3 is 2.71 bits per heavy atom. The minimum Gasteiger partial charge on any atom is -0.453 e. The first kappa shape index (κ1) is 11.3. The van der Waals surface area contributed by atoms with Crippen LogP contribution >= 0.6 is 15.9 Å². The zero-order valence-electron chi connectivity index (χ0n) is 9.26. The summed E-state index contributed by atoms with van der Waals surface area (Å²) in [4.78, 5) is 0. The average molecular weight is 302 g/mol. The molecule has 92 valence electrons. The van der Waals surface area contributed by atoms with Crippen LogP contribution in [-0.4, -0.2) is 6.79 Å². The minimum atomic E-state index is -0.579. The van der Waals surface area contributed by atoms with E-state index < -0.39 is 5.54 Å². The lowest BCUT2D eigenvalue weighted by Crippen LogP contribution is -2.34. The number of halogens is 2. The van der Waals surface area contributed by atoms with Crippen molar-refractivity contribution in [1.29, 1.82) is 0 Å². The van der Waals surface area contributed by atoms with Crippen molar-refractivity contribution < 1.29 is 13.9 Å². The molecule has 0 spiro atoms. The highest BCUT2D eigenvalue weighted by atomic mass is 79.9. The molecule has 0 amide bonds. The Kier molecular flexibility index (Phi) is 2.56. The molecule has 0 radical (unpaired) electrons. The molecule has 2 N–H and O–H groups in total. The van der Waals surface area contributed by atoms with Crippen LogP contribution in [0.2, 0.25) is 0 Å². The van der Waals surface area contributed by atoms with Crippen molar-refractivity contribution in [2.45, 2.75) is 31.2 Å². The molecular formula is C12H13BrFNO2. The van der Waals surface area contributed by atoms with Gasteiger partial charge in [0.05, 0.1) is 4.47 Å². The highest BCUT2D eigenvalue weighted by Gasteiger charge is 2.38. The summed E-state index contributed by atoms with van der Waals surface area (Å²) in [6, 6.07) is 1.37. The van der Waals surface area contributed by atoms with E-state index in [-0.39, 0.29) is 12.6 Å². The van der Waals surface area contributed by atoms with Crippen LogP contribution in [0.1, 0.15) is 31.2 Å². The maximum atomic E-state index is 14.2. The predicted octanol–water partition coefficient (Wildman–Crippen LogP) is 3.04. The second kappa shape index (κ2) is 3.85. The molecule has 3 rings (SSSR count). The lowest BCUT2D eigenvalue weighted by molar-refractivity contribution is 0.173. The van der Waals surface area contributed by atoms with Crippen molar-refractivity contribution in [3.05, 3.63) is 21.9 Å².